The van der Waals surface area contributed by atoms with Gasteiger partial charge in [-0.2, -0.15) is 0 Å². The fourth-order valence-electron chi connectivity index (χ4n) is 3.21. The van der Waals surface area contributed by atoms with Gasteiger partial charge in [-0.05, 0) is 31.2 Å². The zero-order valence-electron chi connectivity index (χ0n) is 17.1. The largest absolute Gasteiger partial charge is 0.457 e. The van der Waals surface area contributed by atoms with Crippen molar-refractivity contribution in [1.29, 1.82) is 0 Å². The fourth-order valence-corrected chi connectivity index (χ4v) is 4.14. The van der Waals surface area contributed by atoms with Crippen LogP contribution in [0.3, 0.4) is 0 Å². The molecule has 1 aliphatic heterocycles. The molecule has 0 atom stereocenters. The van der Waals surface area contributed by atoms with Crippen molar-refractivity contribution in [2.24, 2.45) is 4.99 Å². The lowest BCUT2D eigenvalue weighted by molar-refractivity contribution is 0.0389. The summed E-state index contributed by atoms with van der Waals surface area (Å²) in [4.78, 5) is 11.7. The molecule has 1 aromatic carbocycles. The van der Waals surface area contributed by atoms with Gasteiger partial charge in [-0.1, -0.05) is 12.1 Å². The summed E-state index contributed by atoms with van der Waals surface area (Å²) in [7, 11) is 0. The van der Waals surface area contributed by atoms with Gasteiger partial charge in [0.25, 0.3) is 0 Å². The van der Waals surface area contributed by atoms with Crippen LogP contribution in [0.25, 0.3) is 21.0 Å². The Bertz CT molecular complexity index is 919. The van der Waals surface area contributed by atoms with Gasteiger partial charge in [0, 0.05) is 32.7 Å². The third kappa shape index (κ3) is 6.16. The maximum Gasteiger partial charge on any atom is 0.191 e. The maximum absolute atomic E-state index is 5.99. The van der Waals surface area contributed by atoms with E-state index in [9.17, 15) is 0 Å². The molecule has 0 unspecified atom stereocenters. The van der Waals surface area contributed by atoms with E-state index in [0.717, 1.165) is 78.6 Å². The van der Waals surface area contributed by atoms with Crippen LogP contribution in [-0.2, 0) is 11.3 Å². The molecule has 3 aromatic rings. The second kappa shape index (κ2) is 11.6. The van der Waals surface area contributed by atoms with Crippen LogP contribution in [-0.4, -0.2) is 61.8 Å². The van der Waals surface area contributed by atoms with Gasteiger partial charge in [0.15, 0.2) is 16.7 Å². The predicted molar refractivity (Wildman–Crippen MR) is 133 cm³/mol. The molecule has 1 fully saturated rings. The van der Waals surface area contributed by atoms with E-state index in [2.05, 4.69) is 38.5 Å². The van der Waals surface area contributed by atoms with E-state index >= 15 is 0 Å². The lowest BCUT2D eigenvalue weighted by Gasteiger charge is -2.26. The number of para-hydroxylation sites is 1. The van der Waals surface area contributed by atoms with Gasteiger partial charge >= 0.3 is 0 Å². The fraction of sp³-hybridized carbons (Fsp3) is 0.429. The first-order valence-electron chi connectivity index (χ1n) is 10.1. The minimum Gasteiger partial charge on any atom is -0.457 e. The van der Waals surface area contributed by atoms with Crippen molar-refractivity contribution in [3.05, 3.63) is 42.2 Å². The Balaban J connectivity index is 0.00000256. The quantitative estimate of drug-likeness (QED) is 0.271. The van der Waals surface area contributed by atoms with Crippen LogP contribution < -0.4 is 10.6 Å². The van der Waals surface area contributed by atoms with E-state index in [1.807, 2.05) is 30.3 Å². The van der Waals surface area contributed by atoms with Crippen LogP contribution >= 0.6 is 35.3 Å². The van der Waals surface area contributed by atoms with E-state index < -0.39 is 0 Å². The van der Waals surface area contributed by atoms with E-state index in [1.165, 1.54) is 0 Å². The monoisotopic (exact) mass is 541 g/mol. The lowest BCUT2D eigenvalue weighted by Crippen LogP contribution is -2.44. The maximum atomic E-state index is 5.99. The summed E-state index contributed by atoms with van der Waals surface area (Å²) >= 11 is 1.64. The standard InChI is InChI=1S/C21H27N5O2S.HI/c1-2-22-21(23-9-10-26-11-13-27-14-12-26)24-15-16-7-8-18(28-16)20-25-17-5-3-4-6-19(17)29-20;/h3-8H,2,9-15H2,1H3,(H2,22,23,24);1H. The number of halogens is 1. The van der Waals surface area contributed by atoms with Crippen LogP contribution in [0.5, 0.6) is 0 Å². The van der Waals surface area contributed by atoms with Crippen LogP contribution in [0.4, 0.5) is 0 Å². The summed E-state index contributed by atoms with van der Waals surface area (Å²) in [5.74, 6) is 2.42. The third-order valence-corrected chi connectivity index (χ3v) is 5.78. The Labute approximate surface area is 197 Å². The highest BCUT2D eigenvalue weighted by Crippen LogP contribution is 2.31. The summed E-state index contributed by atoms with van der Waals surface area (Å²) in [5, 5.41) is 7.59. The van der Waals surface area contributed by atoms with Crippen molar-refractivity contribution in [3.63, 3.8) is 0 Å². The Hall–Kier alpha value is -1.69. The van der Waals surface area contributed by atoms with Gasteiger partial charge in [0.2, 0.25) is 0 Å². The molecule has 4 rings (SSSR count). The van der Waals surface area contributed by atoms with Crippen LogP contribution in [0.1, 0.15) is 12.7 Å². The number of hydrogen-bond acceptors (Lipinski definition) is 6. The minimum atomic E-state index is 0. The van der Waals surface area contributed by atoms with Crippen molar-refractivity contribution < 1.29 is 9.15 Å². The van der Waals surface area contributed by atoms with E-state index in [-0.39, 0.29) is 24.0 Å². The Morgan fingerprint density at radius 3 is 2.80 bits per heavy atom. The van der Waals surface area contributed by atoms with Gasteiger partial charge < -0.3 is 19.8 Å². The molecule has 0 bridgehead atoms. The number of morpholine rings is 1. The number of aliphatic imine (C=N–C) groups is 1. The molecule has 2 aromatic heterocycles. The third-order valence-electron chi connectivity index (χ3n) is 4.73. The molecule has 2 N–H and O–H groups in total. The number of aromatic nitrogens is 1. The topological polar surface area (TPSA) is 74.9 Å². The van der Waals surface area contributed by atoms with Gasteiger partial charge in [0.1, 0.15) is 12.3 Å². The highest BCUT2D eigenvalue weighted by Gasteiger charge is 2.11. The SMILES string of the molecule is CCNC(=NCc1ccc(-c2nc3ccccc3s2)o1)NCCN1CCOCC1.I. The van der Waals surface area contributed by atoms with Crippen molar-refractivity contribution in [2.45, 2.75) is 13.5 Å². The molecule has 0 amide bonds. The number of rotatable bonds is 7. The minimum absolute atomic E-state index is 0. The summed E-state index contributed by atoms with van der Waals surface area (Å²) in [5.41, 5.74) is 1.00. The summed E-state index contributed by atoms with van der Waals surface area (Å²) in [6, 6.07) is 12.1. The number of fused-ring (bicyclic) bond motifs is 1. The normalized spacial score (nSPS) is 15.2. The Kier molecular flexibility index (Phi) is 8.91. The molecule has 1 aliphatic rings. The number of furan rings is 1. The zero-order valence-corrected chi connectivity index (χ0v) is 20.2. The zero-order chi connectivity index (χ0) is 19.9. The molecule has 7 nitrogen and oxygen atoms in total. The summed E-state index contributed by atoms with van der Waals surface area (Å²) < 4.78 is 12.5. The molecule has 0 spiro atoms. The van der Waals surface area contributed by atoms with Gasteiger partial charge in [0.05, 0.1) is 23.4 Å². The van der Waals surface area contributed by atoms with Crippen molar-refractivity contribution in [1.82, 2.24) is 20.5 Å². The highest BCUT2D eigenvalue weighted by molar-refractivity contribution is 14.0. The molecule has 0 aliphatic carbocycles. The second-order valence-electron chi connectivity index (χ2n) is 6.83. The van der Waals surface area contributed by atoms with E-state index in [1.54, 1.807) is 11.3 Å². The number of nitrogens with zero attached hydrogens (tertiary/aromatic N) is 3. The van der Waals surface area contributed by atoms with Crippen molar-refractivity contribution in [2.75, 3.05) is 45.9 Å². The summed E-state index contributed by atoms with van der Waals surface area (Å²) in [6.45, 7) is 8.84. The molecule has 162 valence electrons. The van der Waals surface area contributed by atoms with Gasteiger partial charge in [-0.25, -0.2) is 9.98 Å². The average Bonchev–Trinajstić information content (AvgIpc) is 3.39. The Morgan fingerprint density at radius 2 is 2.00 bits per heavy atom. The highest BCUT2D eigenvalue weighted by atomic mass is 127. The first kappa shape index (κ1) is 23.0. The van der Waals surface area contributed by atoms with E-state index in [0.29, 0.717) is 6.54 Å². The molecule has 0 radical (unpaired) electrons. The lowest BCUT2D eigenvalue weighted by atomic mass is 10.3. The first-order chi connectivity index (χ1) is 14.3. The Morgan fingerprint density at radius 1 is 1.17 bits per heavy atom. The molecular weight excluding hydrogens is 513 g/mol. The molecule has 1 saturated heterocycles. The molecule has 3 heterocycles. The number of guanidine groups is 1. The van der Waals surface area contributed by atoms with E-state index in [4.69, 9.17) is 9.15 Å². The molecule has 0 saturated carbocycles. The molecule has 30 heavy (non-hydrogen) atoms. The number of benzene rings is 1. The molecule has 9 heteroatoms. The number of hydrogen-bond donors (Lipinski definition) is 2. The number of thiazole rings is 1. The van der Waals surface area contributed by atoms with Crippen LogP contribution in [0, 0.1) is 0 Å². The molecular formula is C21H28IN5O2S. The van der Waals surface area contributed by atoms with Gasteiger partial charge in [-0.3, -0.25) is 4.90 Å². The van der Waals surface area contributed by atoms with Crippen LogP contribution in [0.15, 0.2) is 45.8 Å². The predicted octanol–water partition coefficient (Wildman–Crippen LogP) is 3.56. The van der Waals surface area contributed by atoms with Crippen molar-refractivity contribution >= 4 is 51.5 Å². The average molecular weight is 541 g/mol. The second-order valence-corrected chi connectivity index (χ2v) is 7.86. The van der Waals surface area contributed by atoms with Gasteiger partial charge in [-0.15, -0.1) is 35.3 Å². The number of ether oxygens (including phenoxy) is 1. The summed E-state index contributed by atoms with van der Waals surface area (Å²) in [6.07, 6.45) is 0. The first-order valence-corrected chi connectivity index (χ1v) is 10.9. The number of nitrogens with one attached hydrogen (secondary N) is 2. The van der Waals surface area contributed by atoms with Crippen LogP contribution in [0.2, 0.25) is 0 Å². The van der Waals surface area contributed by atoms with Crippen molar-refractivity contribution in [3.8, 4) is 10.8 Å². The smallest absolute Gasteiger partial charge is 0.191 e.